The Morgan fingerprint density at radius 3 is 2.61 bits per heavy atom. The van der Waals surface area contributed by atoms with Gasteiger partial charge in [-0.05, 0) is 43.2 Å². The number of amides is 1. The Morgan fingerprint density at radius 2 is 2.00 bits per heavy atom. The molecule has 0 spiro atoms. The molecule has 2 unspecified atom stereocenters. The zero-order valence-corrected chi connectivity index (χ0v) is 13.6. The summed E-state index contributed by atoms with van der Waals surface area (Å²) in [4.78, 5) is 15.1. The van der Waals surface area contributed by atoms with Gasteiger partial charge < -0.3 is 13.8 Å². The Morgan fingerprint density at radius 1 is 1.26 bits per heavy atom. The quantitative estimate of drug-likeness (QED) is 0.870. The van der Waals surface area contributed by atoms with Gasteiger partial charge in [0.05, 0.1) is 17.4 Å². The van der Waals surface area contributed by atoms with Crippen LogP contribution in [0.1, 0.15) is 38.8 Å². The summed E-state index contributed by atoms with van der Waals surface area (Å²) < 4.78 is 10.7. The molecule has 2 atom stereocenters. The highest BCUT2D eigenvalue weighted by Crippen LogP contribution is 2.50. The van der Waals surface area contributed by atoms with E-state index in [-0.39, 0.29) is 5.91 Å². The maximum Gasteiger partial charge on any atom is 0.234 e. The van der Waals surface area contributed by atoms with E-state index in [2.05, 4.69) is 19.0 Å². The van der Waals surface area contributed by atoms with Crippen LogP contribution in [0.25, 0.3) is 11.5 Å². The first kappa shape index (κ1) is 14.5. The van der Waals surface area contributed by atoms with Crippen LogP contribution in [0, 0.1) is 11.8 Å². The van der Waals surface area contributed by atoms with Crippen molar-refractivity contribution in [3.63, 3.8) is 0 Å². The molecule has 0 N–H and O–H groups in total. The van der Waals surface area contributed by atoms with Crippen LogP contribution in [0.2, 0.25) is 0 Å². The molecular weight excluding hydrogens is 292 g/mol. The highest BCUT2D eigenvalue weighted by molar-refractivity contribution is 5.91. The normalized spacial score (nSPS) is 26.3. The molecule has 1 saturated carbocycles. The van der Waals surface area contributed by atoms with E-state index in [1.54, 1.807) is 6.26 Å². The molecule has 3 heterocycles. The number of furan rings is 1. The van der Waals surface area contributed by atoms with Crippen LogP contribution in [-0.4, -0.2) is 29.1 Å². The van der Waals surface area contributed by atoms with E-state index >= 15 is 0 Å². The third kappa shape index (κ3) is 2.48. The summed E-state index contributed by atoms with van der Waals surface area (Å²) >= 11 is 0. The third-order valence-corrected chi connectivity index (χ3v) is 5.08. The van der Waals surface area contributed by atoms with Gasteiger partial charge in [-0.3, -0.25) is 4.79 Å². The molecule has 23 heavy (non-hydrogen) atoms. The lowest BCUT2D eigenvalue weighted by Crippen LogP contribution is -2.47. The summed E-state index contributed by atoms with van der Waals surface area (Å²) in [5.41, 5.74) is 0.283. The van der Waals surface area contributed by atoms with Crippen LogP contribution in [0.5, 0.6) is 0 Å². The number of hydrogen-bond donors (Lipinski definition) is 0. The van der Waals surface area contributed by atoms with Crippen molar-refractivity contribution in [1.82, 2.24) is 10.1 Å². The van der Waals surface area contributed by atoms with Gasteiger partial charge in [0.2, 0.25) is 11.7 Å². The zero-order chi connectivity index (χ0) is 16.0. The largest absolute Gasteiger partial charge is 0.461 e. The van der Waals surface area contributed by atoms with Crippen LogP contribution in [-0.2, 0) is 10.2 Å². The van der Waals surface area contributed by atoms with Crippen molar-refractivity contribution in [2.24, 2.45) is 11.8 Å². The second-order valence-corrected chi connectivity index (χ2v) is 7.29. The summed E-state index contributed by atoms with van der Waals surface area (Å²) in [5.74, 6) is 2.58. The van der Waals surface area contributed by atoms with E-state index in [0.717, 1.165) is 31.6 Å². The second kappa shape index (κ2) is 5.25. The first-order chi connectivity index (χ1) is 11.1. The van der Waals surface area contributed by atoms with Crippen LogP contribution in [0.3, 0.4) is 0 Å². The maximum atomic E-state index is 13.1. The summed E-state index contributed by atoms with van der Waals surface area (Å²) in [7, 11) is 0. The molecule has 1 amide bonds. The maximum absolute atomic E-state index is 13.1. The van der Waals surface area contributed by atoms with E-state index in [4.69, 9.17) is 8.94 Å². The lowest BCUT2D eigenvalue weighted by Gasteiger charge is -2.36. The van der Waals surface area contributed by atoms with Gasteiger partial charge in [-0.15, -0.1) is 0 Å². The number of rotatable bonds is 3. The summed E-state index contributed by atoms with van der Waals surface area (Å²) in [6.45, 7) is 6.16. The van der Waals surface area contributed by atoms with Crippen molar-refractivity contribution in [3.05, 3.63) is 30.2 Å². The SMILES string of the molecule is CC1CC(C)CN(C(=O)C2(c3cc(-c4ccco4)on3)CC2)C1. The topological polar surface area (TPSA) is 59.5 Å². The number of nitrogens with zero attached hydrogens (tertiary/aromatic N) is 2. The fraction of sp³-hybridized carbons (Fsp3) is 0.556. The average molecular weight is 314 g/mol. The molecule has 2 fully saturated rings. The number of aromatic nitrogens is 1. The minimum Gasteiger partial charge on any atom is -0.461 e. The van der Waals surface area contributed by atoms with Crippen LogP contribution in [0.4, 0.5) is 0 Å². The van der Waals surface area contributed by atoms with Gasteiger partial charge in [0.1, 0.15) is 0 Å². The van der Waals surface area contributed by atoms with Gasteiger partial charge in [-0.1, -0.05) is 19.0 Å². The number of hydrogen-bond acceptors (Lipinski definition) is 4. The van der Waals surface area contributed by atoms with Gasteiger partial charge in [-0.25, -0.2) is 0 Å². The van der Waals surface area contributed by atoms with E-state index in [0.29, 0.717) is 23.4 Å². The average Bonchev–Trinajstić information content (AvgIpc) is 2.96. The highest BCUT2D eigenvalue weighted by atomic mass is 16.5. The molecule has 1 aliphatic heterocycles. The smallest absolute Gasteiger partial charge is 0.234 e. The number of piperidine rings is 1. The van der Waals surface area contributed by atoms with E-state index in [1.165, 1.54) is 6.42 Å². The Balaban J connectivity index is 1.57. The Kier molecular flexibility index (Phi) is 3.32. The van der Waals surface area contributed by atoms with Gasteiger partial charge in [0.15, 0.2) is 5.76 Å². The molecule has 2 aliphatic rings. The van der Waals surface area contributed by atoms with Crippen LogP contribution < -0.4 is 0 Å². The molecule has 2 aromatic heterocycles. The standard InChI is InChI=1S/C18H22N2O3/c1-12-8-13(2)11-20(10-12)17(21)18(5-6-18)16-9-15(23-19-16)14-4-3-7-22-14/h3-4,7,9,12-13H,5-6,8,10-11H2,1-2H3. The lowest BCUT2D eigenvalue weighted by molar-refractivity contribution is -0.136. The first-order valence-electron chi connectivity index (χ1n) is 8.39. The monoisotopic (exact) mass is 314 g/mol. The van der Waals surface area contributed by atoms with Crippen molar-refractivity contribution in [1.29, 1.82) is 0 Å². The van der Waals surface area contributed by atoms with Gasteiger partial charge in [0, 0.05) is 19.2 Å². The highest BCUT2D eigenvalue weighted by Gasteiger charge is 2.55. The zero-order valence-electron chi connectivity index (χ0n) is 13.6. The Hall–Kier alpha value is -2.04. The number of likely N-dealkylation sites (tertiary alicyclic amines) is 1. The fourth-order valence-corrected chi connectivity index (χ4v) is 3.87. The number of carbonyl (C=O) groups excluding carboxylic acids is 1. The Labute approximate surface area is 135 Å². The van der Waals surface area contributed by atoms with E-state index < -0.39 is 5.41 Å². The minimum absolute atomic E-state index is 0.218. The van der Waals surface area contributed by atoms with Crippen molar-refractivity contribution in [2.45, 2.75) is 38.5 Å². The van der Waals surface area contributed by atoms with Gasteiger partial charge >= 0.3 is 0 Å². The molecular formula is C18H22N2O3. The molecule has 0 bridgehead atoms. The first-order valence-corrected chi connectivity index (χ1v) is 8.39. The summed E-state index contributed by atoms with van der Waals surface area (Å²) in [5, 5.41) is 4.18. The van der Waals surface area contributed by atoms with Crippen molar-refractivity contribution in [2.75, 3.05) is 13.1 Å². The molecule has 4 rings (SSSR count). The van der Waals surface area contributed by atoms with Crippen molar-refractivity contribution < 1.29 is 13.7 Å². The van der Waals surface area contributed by atoms with E-state index in [9.17, 15) is 4.79 Å². The van der Waals surface area contributed by atoms with Gasteiger partial charge in [-0.2, -0.15) is 0 Å². The number of carbonyl (C=O) groups is 1. The molecule has 5 heteroatoms. The molecule has 2 aromatic rings. The van der Waals surface area contributed by atoms with Crippen molar-refractivity contribution >= 4 is 5.91 Å². The molecule has 0 aromatic carbocycles. The van der Waals surface area contributed by atoms with Crippen molar-refractivity contribution in [3.8, 4) is 11.5 Å². The fourth-order valence-electron chi connectivity index (χ4n) is 3.87. The molecule has 0 radical (unpaired) electrons. The predicted molar refractivity (Wildman–Crippen MR) is 84.6 cm³/mol. The van der Waals surface area contributed by atoms with E-state index in [1.807, 2.05) is 23.1 Å². The second-order valence-electron chi connectivity index (χ2n) is 7.29. The molecule has 122 valence electrons. The summed E-state index contributed by atoms with van der Waals surface area (Å²) in [6.07, 6.45) is 4.51. The molecule has 1 saturated heterocycles. The minimum atomic E-state index is -0.467. The van der Waals surface area contributed by atoms with Crippen LogP contribution in [0.15, 0.2) is 33.4 Å². The Bertz CT molecular complexity index is 690. The third-order valence-electron chi connectivity index (χ3n) is 5.08. The predicted octanol–water partition coefficient (Wildman–Crippen LogP) is 3.47. The van der Waals surface area contributed by atoms with Crippen LogP contribution >= 0.6 is 0 Å². The van der Waals surface area contributed by atoms with Gasteiger partial charge in [0.25, 0.3) is 0 Å². The molecule has 1 aliphatic carbocycles. The molecule has 5 nitrogen and oxygen atoms in total. The summed E-state index contributed by atoms with van der Waals surface area (Å²) in [6, 6.07) is 5.51. The lowest BCUT2D eigenvalue weighted by atomic mass is 9.90.